The van der Waals surface area contributed by atoms with E-state index in [1.54, 1.807) is 18.2 Å². The van der Waals surface area contributed by atoms with Crippen LogP contribution in [0, 0.1) is 11.3 Å². The van der Waals surface area contributed by atoms with Crippen LogP contribution in [0.5, 0.6) is 5.75 Å². The summed E-state index contributed by atoms with van der Waals surface area (Å²) in [4.78, 5) is 21.4. The average molecular weight is 569 g/mol. The normalized spacial score (nSPS) is 21.3. The highest BCUT2D eigenvalue weighted by atomic mass is 35.5. The lowest BCUT2D eigenvalue weighted by Gasteiger charge is -2.31. The Morgan fingerprint density at radius 2 is 1.68 bits per heavy atom. The predicted molar refractivity (Wildman–Crippen MR) is 156 cm³/mol. The second-order valence-electron chi connectivity index (χ2n) is 10.2. The zero-order valence-corrected chi connectivity index (χ0v) is 23.6. The molecule has 0 bridgehead atoms. The summed E-state index contributed by atoms with van der Waals surface area (Å²) >= 11 is 14.6. The van der Waals surface area contributed by atoms with Crippen LogP contribution in [-0.4, -0.2) is 28.1 Å². The minimum atomic E-state index is 0.0251. The molecule has 0 N–H and O–H groups in total. The minimum absolute atomic E-state index is 0.0251. The van der Waals surface area contributed by atoms with Gasteiger partial charge >= 0.3 is 0 Å². The largest absolute Gasteiger partial charge is 0.486 e. The van der Waals surface area contributed by atoms with E-state index in [1.165, 1.54) is 37.4 Å². The number of nitrogens with zero attached hydrogens (tertiary/aromatic N) is 3. The summed E-state index contributed by atoms with van der Waals surface area (Å²) in [5.41, 5.74) is 2.04. The van der Waals surface area contributed by atoms with Crippen LogP contribution < -0.4 is 4.74 Å². The van der Waals surface area contributed by atoms with Gasteiger partial charge < -0.3 is 4.74 Å². The van der Waals surface area contributed by atoms with Gasteiger partial charge in [0.25, 0.3) is 5.91 Å². The molecule has 1 aliphatic heterocycles. The maximum atomic E-state index is 13.7. The molecule has 1 amide bonds. The number of halogens is 2. The molecule has 1 saturated heterocycles. The molecule has 38 heavy (non-hydrogen) atoms. The Kier molecular flexibility index (Phi) is 8.99. The molecule has 3 aliphatic rings. The van der Waals surface area contributed by atoms with E-state index in [9.17, 15) is 10.1 Å². The van der Waals surface area contributed by atoms with E-state index in [-0.39, 0.29) is 18.6 Å². The van der Waals surface area contributed by atoms with Crippen LogP contribution in [-0.2, 0) is 11.4 Å². The lowest BCUT2D eigenvalue weighted by atomic mass is 9.94. The van der Waals surface area contributed by atoms with E-state index < -0.39 is 0 Å². The molecule has 1 heterocycles. The summed E-state index contributed by atoms with van der Waals surface area (Å²) in [5.74, 6) is 0.383. The van der Waals surface area contributed by atoms with E-state index in [4.69, 9.17) is 32.9 Å². The summed E-state index contributed by atoms with van der Waals surface area (Å²) in [6, 6.07) is 13.5. The molecule has 2 saturated carbocycles. The highest BCUT2D eigenvalue weighted by Crippen LogP contribution is 2.40. The number of hydrogen-bond acceptors (Lipinski definition) is 5. The van der Waals surface area contributed by atoms with Crippen molar-refractivity contribution in [1.82, 2.24) is 4.90 Å². The van der Waals surface area contributed by atoms with Gasteiger partial charge in [-0.3, -0.25) is 14.7 Å². The van der Waals surface area contributed by atoms with Gasteiger partial charge in [0.15, 0.2) is 10.9 Å². The Morgan fingerprint density at radius 3 is 2.37 bits per heavy atom. The molecule has 0 aromatic heterocycles. The number of nitriles is 1. The molecule has 198 valence electrons. The Labute approximate surface area is 238 Å². The number of thioether (sulfide) groups is 1. The number of amides is 1. The van der Waals surface area contributed by atoms with Gasteiger partial charge in [0, 0.05) is 11.6 Å². The zero-order valence-electron chi connectivity index (χ0n) is 21.3. The van der Waals surface area contributed by atoms with Crippen molar-refractivity contribution in [2.75, 3.05) is 0 Å². The number of carbonyl (C=O) groups is 1. The second kappa shape index (κ2) is 12.6. The summed E-state index contributed by atoms with van der Waals surface area (Å²) < 4.78 is 5.91. The van der Waals surface area contributed by atoms with Gasteiger partial charge in [0.1, 0.15) is 6.61 Å². The lowest BCUT2D eigenvalue weighted by Crippen LogP contribution is -2.41. The van der Waals surface area contributed by atoms with Crippen molar-refractivity contribution in [3.05, 3.63) is 68.0 Å². The van der Waals surface area contributed by atoms with E-state index in [0.29, 0.717) is 32.3 Å². The van der Waals surface area contributed by atoms with E-state index in [2.05, 4.69) is 6.07 Å². The maximum Gasteiger partial charge on any atom is 0.266 e. The molecule has 2 aromatic rings. The Morgan fingerprint density at radius 1 is 1.03 bits per heavy atom. The van der Waals surface area contributed by atoms with Crippen molar-refractivity contribution in [1.29, 1.82) is 5.26 Å². The van der Waals surface area contributed by atoms with Gasteiger partial charge in [-0.1, -0.05) is 79.9 Å². The first kappa shape index (κ1) is 27.1. The molecule has 0 atom stereocenters. The number of aliphatic imine (C=N–C) groups is 1. The highest BCUT2D eigenvalue weighted by molar-refractivity contribution is 8.18. The monoisotopic (exact) mass is 567 g/mol. The van der Waals surface area contributed by atoms with Gasteiger partial charge in [0.2, 0.25) is 0 Å². The summed E-state index contributed by atoms with van der Waals surface area (Å²) in [5, 5.41) is 10.9. The summed E-state index contributed by atoms with van der Waals surface area (Å²) in [6.07, 6.45) is 13.3. The molecule has 0 unspecified atom stereocenters. The van der Waals surface area contributed by atoms with Gasteiger partial charge in [0.05, 0.1) is 32.6 Å². The molecular formula is C30H31Cl2N3O2S. The van der Waals surface area contributed by atoms with Crippen LogP contribution in [0.3, 0.4) is 0 Å². The molecule has 2 aliphatic carbocycles. The third-order valence-corrected chi connectivity index (χ3v) is 9.03. The van der Waals surface area contributed by atoms with E-state index >= 15 is 0 Å². The fourth-order valence-corrected chi connectivity index (χ4v) is 7.18. The molecular weight excluding hydrogens is 537 g/mol. The summed E-state index contributed by atoms with van der Waals surface area (Å²) in [7, 11) is 0. The van der Waals surface area contributed by atoms with Crippen molar-refractivity contribution in [3.8, 4) is 11.8 Å². The van der Waals surface area contributed by atoms with Crippen LogP contribution in [0.2, 0.25) is 10.0 Å². The number of amidine groups is 1. The van der Waals surface area contributed by atoms with Crippen LogP contribution >= 0.6 is 35.0 Å². The topological polar surface area (TPSA) is 65.7 Å². The van der Waals surface area contributed by atoms with E-state index in [0.717, 1.165) is 54.8 Å². The molecule has 2 aromatic carbocycles. The Hall–Kier alpha value is -2.46. The fourth-order valence-electron chi connectivity index (χ4n) is 5.46. The molecule has 8 heteroatoms. The van der Waals surface area contributed by atoms with Gasteiger partial charge in [-0.15, -0.1) is 0 Å². The smallest absolute Gasteiger partial charge is 0.266 e. The average Bonchev–Trinajstić information content (AvgIpc) is 3.23. The zero-order chi connectivity index (χ0) is 26.5. The number of carbonyl (C=O) groups excluding carboxylic acids is 1. The number of hydrogen-bond donors (Lipinski definition) is 0. The fraction of sp³-hybridized carbons (Fsp3) is 0.433. The first-order valence-electron chi connectivity index (χ1n) is 13.4. The van der Waals surface area contributed by atoms with Crippen LogP contribution in [0.25, 0.3) is 6.08 Å². The van der Waals surface area contributed by atoms with Crippen molar-refractivity contribution in [2.45, 2.75) is 82.9 Å². The molecule has 5 nitrogen and oxygen atoms in total. The van der Waals surface area contributed by atoms with Gasteiger partial charge in [-0.25, -0.2) is 0 Å². The summed E-state index contributed by atoms with van der Waals surface area (Å²) in [6.45, 7) is 0.176. The Balaban J connectivity index is 1.38. The van der Waals surface area contributed by atoms with Crippen molar-refractivity contribution in [2.24, 2.45) is 4.99 Å². The third kappa shape index (κ3) is 6.22. The maximum absolute atomic E-state index is 13.7. The standard InChI is InChI=1S/C30H31Cl2N3O2S/c31-25-15-20(16-26(32)28(25)37-19-22-10-8-7-9-21(22)18-33)17-27-29(36)35(24-13-5-2-6-14-24)30(38-27)34-23-11-3-1-4-12-23/h7-10,15-17,23-24H,1-6,11-14,19H2. The number of benzene rings is 2. The van der Waals surface area contributed by atoms with Crippen LogP contribution in [0.4, 0.5) is 0 Å². The first-order chi connectivity index (χ1) is 18.5. The molecule has 0 radical (unpaired) electrons. The van der Waals surface area contributed by atoms with Crippen LogP contribution in [0.15, 0.2) is 46.3 Å². The first-order valence-corrected chi connectivity index (χ1v) is 15.0. The number of rotatable bonds is 6. The van der Waals surface area contributed by atoms with Crippen molar-refractivity contribution >= 4 is 52.1 Å². The predicted octanol–water partition coefficient (Wildman–Crippen LogP) is 8.38. The van der Waals surface area contributed by atoms with E-state index in [1.807, 2.05) is 29.2 Å². The van der Waals surface area contributed by atoms with Gasteiger partial charge in [-0.05, 0) is 67.3 Å². The molecule has 0 spiro atoms. The Bertz CT molecular complexity index is 1270. The quantitative estimate of drug-likeness (QED) is 0.329. The van der Waals surface area contributed by atoms with Crippen LogP contribution in [0.1, 0.15) is 80.9 Å². The van der Waals surface area contributed by atoms with Crippen molar-refractivity contribution < 1.29 is 9.53 Å². The van der Waals surface area contributed by atoms with Gasteiger partial charge in [-0.2, -0.15) is 5.26 Å². The SMILES string of the molecule is N#Cc1ccccc1COc1c(Cl)cc(C=C2SC(=NC3CCCCC3)N(C3CCCCC3)C2=O)cc1Cl. The number of ether oxygens (including phenoxy) is 1. The minimum Gasteiger partial charge on any atom is -0.486 e. The van der Waals surface area contributed by atoms with Crippen molar-refractivity contribution in [3.63, 3.8) is 0 Å². The molecule has 5 rings (SSSR count). The molecule has 3 fully saturated rings. The third-order valence-electron chi connectivity index (χ3n) is 7.47. The lowest BCUT2D eigenvalue weighted by molar-refractivity contribution is -0.124. The highest BCUT2D eigenvalue weighted by Gasteiger charge is 2.39. The second-order valence-corrected chi connectivity index (χ2v) is 12.0.